The second-order valence-corrected chi connectivity index (χ2v) is 10.9. The van der Waals surface area contributed by atoms with Gasteiger partial charge < -0.3 is 20.9 Å². The van der Waals surface area contributed by atoms with Gasteiger partial charge in [-0.1, -0.05) is 0 Å². The zero-order valence-corrected chi connectivity index (χ0v) is 22.7. The van der Waals surface area contributed by atoms with E-state index in [2.05, 4.69) is 25.3 Å². The van der Waals surface area contributed by atoms with Gasteiger partial charge in [-0.05, 0) is 61.6 Å². The number of amides is 4. The van der Waals surface area contributed by atoms with Gasteiger partial charge in [-0.2, -0.15) is 0 Å². The molecule has 3 saturated heterocycles. The Hall–Kier alpha value is -4.06. The lowest BCUT2D eigenvalue weighted by atomic mass is 9.95. The van der Waals surface area contributed by atoms with Crippen LogP contribution in [0.1, 0.15) is 46.4 Å². The number of carbonyl (C=O) groups is 4. The minimum atomic E-state index is -0.864. The molecule has 12 heteroatoms. The molecule has 41 heavy (non-hydrogen) atoms. The molecule has 4 amide bonds. The molecule has 10 nitrogen and oxygen atoms in total. The summed E-state index contributed by atoms with van der Waals surface area (Å²) in [5, 5.41) is 4.68. The zero-order chi connectivity index (χ0) is 29.1. The highest BCUT2D eigenvalue weighted by atomic mass is 19.1. The van der Waals surface area contributed by atoms with E-state index >= 15 is 0 Å². The molecule has 3 heterocycles. The number of rotatable bonds is 7. The van der Waals surface area contributed by atoms with Crippen molar-refractivity contribution in [3.05, 3.63) is 59.2 Å². The van der Waals surface area contributed by atoms with Crippen LogP contribution in [-0.2, 0) is 9.59 Å². The first kappa shape index (κ1) is 28.5. The van der Waals surface area contributed by atoms with E-state index in [1.54, 1.807) is 12.1 Å². The van der Waals surface area contributed by atoms with Gasteiger partial charge in [-0.15, -0.1) is 0 Å². The number of nitrogens with zero attached hydrogens (tertiary/aromatic N) is 3. The lowest BCUT2D eigenvalue weighted by Gasteiger charge is -2.40. The molecular formula is C29H34F2N6O4. The van der Waals surface area contributed by atoms with Crippen LogP contribution in [0, 0.1) is 17.6 Å². The Labute approximate surface area is 236 Å². The van der Waals surface area contributed by atoms with Crippen LogP contribution in [0.2, 0.25) is 0 Å². The number of imide groups is 1. The second-order valence-electron chi connectivity index (χ2n) is 10.9. The minimum absolute atomic E-state index is 0.100. The number of halogens is 2. The Morgan fingerprint density at radius 2 is 1.44 bits per heavy atom. The molecule has 0 spiro atoms. The summed E-state index contributed by atoms with van der Waals surface area (Å²) in [6, 6.07) is 8.18. The van der Waals surface area contributed by atoms with Crippen LogP contribution in [0.3, 0.4) is 0 Å². The average molecular weight is 569 g/mol. The van der Waals surface area contributed by atoms with Gasteiger partial charge in [0, 0.05) is 63.6 Å². The standard InChI is InChI=1S/C29H34F2N6O4/c30-23-15-19(1-3-21(23)27(32)39)36-9-7-18(8-10-36)17-35-11-13-37(14-12-35)20-2-4-22(24(31)16-20)28(40)33-25-5-6-26(38)34-29(25)41/h1-4,15-16,18,25H,5-14,17H2,(H2,32,39)(H,33,40)(H,34,38,41). The van der Waals surface area contributed by atoms with Crippen molar-refractivity contribution in [3.8, 4) is 0 Å². The molecule has 218 valence electrons. The number of carbonyl (C=O) groups excluding carboxylic acids is 4. The maximum Gasteiger partial charge on any atom is 0.254 e. The van der Waals surface area contributed by atoms with Crippen LogP contribution >= 0.6 is 0 Å². The number of piperazine rings is 1. The van der Waals surface area contributed by atoms with E-state index in [9.17, 15) is 28.0 Å². The fourth-order valence-electron chi connectivity index (χ4n) is 5.78. The van der Waals surface area contributed by atoms with E-state index in [1.165, 1.54) is 24.3 Å². The molecule has 1 atom stereocenters. The van der Waals surface area contributed by atoms with Gasteiger partial charge in [0.25, 0.3) is 11.8 Å². The van der Waals surface area contributed by atoms with Crippen molar-refractivity contribution in [1.82, 2.24) is 15.5 Å². The molecular weight excluding hydrogens is 534 g/mol. The SMILES string of the molecule is NC(=O)c1ccc(N2CCC(CN3CCN(c4ccc(C(=O)NC5CCC(=O)NC5=O)c(F)c4)CC3)CC2)cc1F. The Balaban J connectivity index is 1.08. The number of primary amides is 1. The van der Waals surface area contributed by atoms with Crippen molar-refractivity contribution in [2.24, 2.45) is 11.7 Å². The molecule has 2 aromatic rings. The molecule has 0 bridgehead atoms. The summed E-state index contributed by atoms with van der Waals surface area (Å²) >= 11 is 0. The van der Waals surface area contributed by atoms with Gasteiger partial charge in [0.15, 0.2) is 0 Å². The number of benzene rings is 2. The summed E-state index contributed by atoms with van der Waals surface area (Å²) in [6.07, 6.45) is 2.27. The summed E-state index contributed by atoms with van der Waals surface area (Å²) in [7, 11) is 0. The molecule has 1 unspecified atom stereocenters. The van der Waals surface area contributed by atoms with E-state index in [0.717, 1.165) is 64.3 Å². The van der Waals surface area contributed by atoms with Crippen LogP contribution in [0.15, 0.2) is 36.4 Å². The molecule has 0 saturated carbocycles. The van der Waals surface area contributed by atoms with Crippen LogP contribution < -0.4 is 26.2 Å². The van der Waals surface area contributed by atoms with Gasteiger partial charge >= 0.3 is 0 Å². The number of anilines is 2. The van der Waals surface area contributed by atoms with Gasteiger partial charge in [0.2, 0.25) is 11.8 Å². The summed E-state index contributed by atoms with van der Waals surface area (Å²) in [6.45, 7) is 5.70. The van der Waals surface area contributed by atoms with Gasteiger partial charge in [-0.25, -0.2) is 8.78 Å². The van der Waals surface area contributed by atoms with Crippen molar-refractivity contribution in [2.45, 2.75) is 31.7 Å². The van der Waals surface area contributed by atoms with E-state index < -0.39 is 35.4 Å². The lowest BCUT2D eigenvalue weighted by Crippen LogP contribution is -2.52. The van der Waals surface area contributed by atoms with Crippen molar-refractivity contribution in [1.29, 1.82) is 0 Å². The molecule has 4 N–H and O–H groups in total. The minimum Gasteiger partial charge on any atom is -0.371 e. The topological polar surface area (TPSA) is 128 Å². The predicted octanol–water partition coefficient (Wildman–Crippen LogP) is 1.64. The van der Waals surface area contributed by atoms with E-state index in [1.807, 2.05) is 0 Å². The first-order chi connectivity index (χ1) is 19.7. The van der Waals surface area contributed by atoms with Crippen LogP contribution in [-0.4, -0.2) is 80.4 Å². The number of hydrogen-bond acceptors (Lipinski definition) is 7. The first-order valence-corrected chi connectivity index (χ1v) is 13.9. The lowest BCUT2D eigenvalue weighted by molar-refractivity contribution is -0.134. The highest BCUT2D eigenvalue weighted by molar-refractivity contribution is 6.04. The van der Waals surface area contributed by atoms with E-state index in [4.69, 9.17) is 5.73 Å². The Morgan fingerprint density at radius 3 is 2.00 bits per heavy atom. The smallest absolute Gasteiger partial charge is 0.254 e. The van der Waals surface area contributed by atoms with Crippen molar-refractivity contribution in [3.63, 3.8) is 0 Å². The highest BCUT2D eigenvalue weighted by Gasteiger charge is 2.29. The highest BCUT2D eigenvalue weighted by Crippen LogP contribution is 2.27. The molecule has 3 aliphatic rings. The van der Waals surface area contributed by atoms with E-state index in [0.29, 0.717) is 11.6 Å². The maximum absolute atomic E-state index is 14.9. The molecule has 0 aromatic heterocycles. The largest absolute Gasteiger partial charge is 0.371 e. The fraction of sp³-hybridized carbons (Fsp3) is 0.448. The molecule has 3 aliphatic heterocycles. The number of piperidine rings is 2. The molecule has 3 fully saturated rings. The molecule has 5 rings (SSSR count). The third-order valence-electron chi connectivity index (χ3n) is 8.19. The van der Waals surface area contributed by atoms with Crippen LogP contribution in [0.5, 0.6) is 0 Å². The maximum atomic E-state index is 14.9. The predicted molar refractivity (Wildman–Crippen MR) is 149 cm³/mol. The number of hydrogen-bond donors (Lipinski definition) is 3. The van der Waals surface area contributed by atoms with Crippen LogP contribution in [0.25, 0.3) is 0 Å². The Bertz CT molecular complexity index is 1340. The van der Waals surface area contributed by atoms with Crippen LogP contribution in [0.4, 0.5) is 20.2 Å². The monoisotopic (exact) mass is 568 g/mol. The molecule has 0 aliphatic carbocycles. The first-order valence-electron chi connectivity index (χ1n) is 13.9. The second kappa shape index (κ2) is 12.2. The normalized spacial score (nSPS) is 20.6. The Kier molecular flexibility index (Phi) is 8.48. The number of nitrogens with two attached hydrogens (primary N) is 1. The third-order valence-corrected chi connectivity index (χ3v) is 8.19. The van der Waals surface area contributed by atoms with Crippen molar-refractivity contribution < 1.29 is 28.0 Å². The summed E-state index contributed by atoms with van der Waals surface area (Å²) in [5.74, 6) is -3.17. The fourth-order valence-corrected chi connectivity index (χ4v) is 5.78. The zero-order valence-electron chi connectivity index (χ0n) is 22.7. The van der Waals surface area contributed by atoms with E-state index in [-0.39, 0.29) is 29.9 Å². The Morgan fingerprint density at radius 1 is 0.854 bits per heavy atom. The van der Waals surface area contributed by atoms with Gasteiger partial charge in [0.1, 0.15) is 17.7 Å². The summed E-state index contributed by atoms with van der Waals surface area (Å²) in [5.41, 5.74) is 6.41. The number of nitrogens with one attached hydrogen (secondary N) is 2. The van der Waals surface area contributed by atoms with Gasteiger partial charge in [-0.3, -0.25) is 29.4 Å². The average Bonchev–Trinajstić information content (AvgIpc) is 2.95. The molecule has 2 aromatic carbocycles. The van der Waals surface area contributed by atoms with Crippen molar-refractivity contribution in [2.75, 3.05) is 55.6 Å². The summed E-state index contributed by atoms with van der Waals surface area (Å²) < 4.78 is 29.1. The third kappa shape index (κ3) is 6.64. The van der Waals surface area contributed by atoms with Gasteiger partial charge in [0.05, 0.1) is 11.1 Å². The van der Waals surface area contributed by atoms with Crippen molar-refractivity contribution >= 4 is 35.0 Å². The quantitative estimate of drug-likeness (QED) is 0.434. The summed E-state index contributed by atoms with van der Waals surface area (Å²) in [4.78, 5) is 53.7. The molecule has 0 radical (unpaired) electrons.